The molecular weight excluding hydrogens is 534 g/mol. The fraction of sp³-hybridized carbons (Fsp3) is 0.333. The van der Waals surface area contributed by atoms with Crippen molar-refractivity contribution in [2.75, 3.05) is 22.9 Å². The molecule has 2 fully saturated rings. The first kappa shape index (κ1) is 26.9. The molecule has 206 valence electrons. The Kier molecular flexibility index (Phi) is 7.32. The molecule has 7 heteroatoms. The van der Waals surface area contributed by atoms with Crippen molar-refractivity contribution in [3.05, 3.63) is 107 Å². The molecule has 4 heterocycles. The van der Waals surface area contributed by atoms with Gasteiger partial charge in [0.1, 0.15) is 6.04 Å². The van der Waals surface area contributed by atoms with Gasteiger partial charge in [-0.05, 0) is 110 Å². The molecule has 0 unspecified atom stereocenters. The molecular formula is C33H36ClN5S. The molecule has 40 heavy (non-hydrogen) atoms. The van der Waals surface area contributed by atoms with E-state index in [2.05, 4.69) is 108 Å². The summed E-state index contributed by atoms with van der Waals surface area (Å²) in [6.07, 6.45) is 5.23. The van der Waals surface area contributed by atoms with E-state index in [0.717, 1.165) is 46.6 Å². The van der Waals surface area contributed by atoms with Gasteiger partial charge in [0.05, 0.1) is 22.4 Å². The number of anilines is 2. The maximum absolute atomic E-state index is 7.02. The van der Waals surface area contributed by atoms with E-state index in [9.17, 15) is 0 Å². The maximum Gasteiger partial charge on any atom is 0.174 e. The van der Waals surface area contributed by atoms with Crippen molar-refractivity contribution in [1.29, 1.82) is 0 Å². The SMILES string of the molecule is Cc1ccc(-n2cccc2[C@@H]2[C@H](c3ccccn3)NC(=S)N2c2ccc(N3C[C@H](C)C[C@@H](C)C3)c(Cl)c2)cc1C. The van der Waals surface area contributed by atoms with Gasteiger partial charge in [-0.25, -0.2) is 0 Å². The Morgan fingerprint density at radius 3 is 2.38 bits per heavy atom. The van der Waals surface area contributed by atoms with Crippen LogP contribution in [0.2, 0.25) is 5.02 Å². The molecule has 1 N–H and O–H groups in total. The van der Waals surface area contributed by atoms with E-state index in [-0.39, 0.29) is 12.1 Å². The Morgan fingerprint density at radius 1 is 0.900 bits per heavy atom. The van der Waals surface area contributed by atoms with Gasteiger partial charge in [0.25, 0.3) is 0 Å². The predicted octanol–water partition coefficient (Wildman–Crippen LogP) is 7.80. The summed E-state index contributed by atoms with van der Waals surface area (Å²) in [5.41, 5.74) is 7.82. The Labute approximate surface area is 247 Å². The topological polar surface area (TPSA) is 36.3 Å². The molecule has 0 bridgehead atoms. The van der Waals surface area contributed by atoms with Gasteiger partial charge in [-0.1, -0.05) is 37.6 Å². The molecule has 2 aromatic carbocycles. The summed E-state index contributed by atoms with van der Waals surface area (Å²) in [5, 5.41) is 5.01. The lowest BCUT2D eigenvalue weighted by Gasteiger charge is -2.37. The highest BCUT2D eigenvalue weighted by atomic mass is 35.5. The van der Waals surface area contributed by atoms with Crippen LogP contribution in [0.4, 0.5) is 11.4 Å². The van der Waals surface area contributed by atoms with Crippen molar-refractivity contribution < 1.29 is 0 Å². The van der Waals surface area contributed by atoms with Gasteiger partial charge in [0, 0.05) is 42.6 Å². The number of halogens is 1. The molecule has 2 saturated heterocycles. The van der Waals surface area contributed by atoms with Crippen molar-refractivity contribution >= 4 is 40.3 Å². The number of aromatic nitrogens is 2. The van der Waals surface area contributed by atoms with E-state index in [1.165, 1.54) is 17.5 Å². The highest BCUT2D eigenvalue weighted by Crippen LogP contribution is 2.44. The standard InChI is InChI=1S/C33H36ClN5S/c1-21-16-22(2)20-37(19-21)29-13-12-26(18-27(29)34)39-32(31(36-33(39)40)28-8-5-6-14-35-28)30-9-7-15-38(30)25-11-10-23(3)24(4)17-25/h5-15,17-18,21-22,31-32H,16,19-20H2,1-4H3,(H,36,40)/t21-,22-,31+,32-/m1/s1. The highest BCUT2D eigenvalue weighted by Gasteiger charge is 2.42. The number of rotatable bonds is 5. The molecule has 0 radical (unpaired) electrons. The molecule has 0 saturated carbocycles. The van der Waals surface area contributed by atoms with Gasteiger partial charge in [0.2, 0.25) is 0 Å². The van der Waals surface area contributed by atoms with Gasteiger partial charge < -0.3 is 19.7 Å². The summed E-state index contributed by atoms with van der Waals surface area (Å²) in [7, 11) is 0. The number of pyridine rings is 1. The molecule has 0 spiro atoms. The average molecular weight is 570 g/mol. The van der Waals surface area contributed by atoms with E-state index < -0.39 is 0 Å². The smallest absolute Gasteiger partial charge is 0.174 e. The van der Waals surface area contributed by atoms with Gasteiger partial charge in [0.15, 0.2) is 5.11 Å². The van der Waals surface area contributed by atoms with E-state index in [1.54, 1.807) is 0 Å². The maximum atomic E-state index is 7.02. The lowest BCUT2D eigenvalue weighted by atomic mass is 9.91. The fourth-order valence-corrected chi connectivity index (χ4v) is 7.08. The fourth-order valence-electron chi connectivity index (χ4n) is 6.44. The number of piperidine rings is 1. The lowest BCUT2D eigenvalue weighted by molar-refractivity contribution is 0.357. The Bertz CT molecular complexity index is 1520. The zero-order chi connectivity index (χ0) is 28.0. The molecule has 4 atom stereocenters. The molecule has 2 aromatic heterocycles. The summed E-state index contributed by atoms with van der Waals surface area (Å²) in [5.74, 6) is 1.30. The number of aryl methyl sites for hydroxylation is 2. The Hall–Kier alpha value is -3.35. The third kappa shape index (κ3) is 4.99. The van der Waals surface area contributed by atoms with Crippen LogP contribution in [-0.2, 0) is 0 Å². The summed E-state index contributed by atoms with van der Waals surface area (Å²) in [4.78, 5) is 9.37. The highest BCUT2D eigenvalue weighted by molar-refractivity contribution is 7.80. The van der Waals surface area contributed by atoms with Gasteiger partial charge in [-0.3, -0.25) is 4.98 Å². The second-order valence-corrected chi connectivity index (χ2v) is 12.3. The first-order chi connectivity index (χ1) is 19.3. The molecule has 5 nitrogen and oxygen atoms in total. The van der Waals surface area contributed by atoms with E-state index in [1.807, 2.05) is 18.3 Å². The molecule has 0 amide bonds. The Morgan fingerprint density at radius 2 is 1.68 bits per heavy atom. The van der Waals surface area contributed by atoms with Crippen molar-refractivity contribution in [2.24, 2.45) is 11.8 Å². The summed E-state index contributed by atoms with van der Waals surface area (Å²) < 4.78 is 2.27. The van der Waals surface area contributed by atoms with E-state index >= 15 is 0 Å². The van der Waals surface area contributed by atoms with Crippen molar-refractivity contribution in [3.8, 4) is 5.69 Å². The second kappa shape index (κ2) is 10.9. The minimum atomic E-state index is -0.129. The normalized spacial score (nSPS) is 23.0. The summed E-state index contributed by atoms with van der Waals surface area (Å²) in [6, 6.07) is 23.1. The first-order valence-corrected chi connectivity index (χ1v) is 14.9. The van der Waals surface area contributed by atoms with Crippen LogP contribution in [-0.4, -0.2) is 27.8 Å². The zero-order valence-corrected chi connectivity index (χ0v) is 25.1. The van der Waals surface area contributed by atoms with Crippen molar-refractivity contribution in [3.63, 3.8) is 0 Å². The van der Waals surface area contributed by atoms with Gasteiger partial charge >= 0.3 is 0 Å². The third-order valence-corrected chi connectivity index (χ3v) is 8.99. The summed E-state index contributed by atoms with van der Waals surface area (Å²) in [6.45, 7) is 11.0. The summed E-state index contributed by atoms with van der Waals surface area (Å²) >= 11 is 13.0. The van der Waals surface area contributed by atoms with Crippen LogP contribution in [0, 0.1) is 25.7 Å². The molecule has 6 rings (SSSR count). The van der Waals surface area contributed by atoms with Crippen LogP contribution in [0.1, 0.15) is 54.9 Å². The number of thiocarbonyl (C=S) groups is 1. The number of nitrogens with zero attached hydrogens (tertiary/aromatic N) is 4. The average Bonchev–Trinajstić information content (AvgIpc) is 3.54. The quantitative estimate of drug-likeness (QED) is 0.248. The van der Waals surface area contributed by atoms with Crippen LogP contribution in [0.3, 0.4) is 0 Å². The molecule has 2 aliphatic heterocycles. The first-order valence-electron chi connectivity index (χ1n) is 14.1. The zero-order valence-electron chi connectivity index (χ0n) is 23.5. The van der Waals surface area contributed by atoms with Crippen LogP contribution in [0.25, 0.3) is 5.69 Å². The van der Waals surface area contributed by atoms with Gasteiger partial charge in [-0.15, -0.1) is 0 Å². The third-order valence-electron chi connectivity index (χ3n) is 8.37. The largest absolute Gasteiger partial charge is 0.370 e. The predicted molar refractivity (Wildman–Crippen MR) is 170 cm³/mol. The second-order valence-electron chi connectivity index (χ2n) is 11.6. The number of hydrogen-bond acceptors (Lipinski definition) is 3. The van der Waals surface area contributed by atoms with E-state index in [0.29, 0.717) is 16.9 Å². The van der Waals surface area contributed by atoms with Crippen molar-refractivity contribution in [2.45, 2.75) is 46.2 Å². The molecule has 0 aliphatic carbocycles. The Balaban J connectivity index is 1.43. The molecule has 2 aliphatic rings. The van der Waals surface area contributed by atoms with Crippen LogP contribution >= 0.6 is 23.8 Å². The minimum absolute atomic E-state index is 0.129. The van der Waals surface area contributed by atoms with Crippen LogP contribution < -0.4 is 15.1 Å². The number of nitrogens with one attached hydrogen (secondary N) is 1. The number of benzene rings is 2. The monoisotopic (exact) mass is 569 g/mol. The van der Waals surface area contributed by atoms with Crippen LogP contribution in [0.5, 0.6) is 0 Å². The van der Waals surface area contributed by atoms with Crippen molar-refractivity contribution in [1.82, 2.24) is 14.9 Å². The van der Waals surface area contributed by atoms with E-state index in [4.69, 9.17) is 28.8 Å². The van der Waals surface area contributed by atoms with Crippen LogP contribution in [0.15, 0.2) is 79.1 Å². The lowest BCUT2D eigenvalue weighted by Crippen LogP contribution is -2.38. The molecule has 4 aromatic rings. The minimum Gasteiger partial charge on any atom is -0.370 e. The number of hydrogen-bond donors (Lipinski definition) is 1. The van der Waals surface area contributed by atoms with Gasteiger partial charge in [-0.2, -0.15) is 0 Å².